The Bertz CT molecular complexity index is 647. The van der Waals surface area contributed by atoms with Gasteiger partial charge in [-0.1, -0.05) is 38.1 Å². The summed E-state index contributed by atoms with van der Waals surface area (Å²) < 4.78 is 19.6. The fourth-order valence-corrected chi connectivity index (χ4v) is 2.63. The first kappa shape index (κ1) is 13.0. The van der Waals surface area contributed by atoms with Gasteiger partial charge in [-0.2, -0.15) is 0 Å². The minimum Gasteiger partial charge on any atom is -0.492 e. The summed E-state index contributed by atoms with van der Waals surface area (Å²) in [5.74, 6) is 0.804. The minimum absolute atomic E-state index is 0.192. The molecule has 0 bridgehead atoms. The highest BCUT2D eigenvalue weighted by Crippen LogP contribution is 2.41. The lowest BCUT2D eigenvalue weighted by Crippen LogP contribution is -1.97. The number of fused-ring (bicyclic) bond motifs is 1. The lowest BCUT2D eigenvalue weighted by Gasteiger charge is -2.12. The Kier molecular flexibility index (Phi) is 3.13. The monoisotopic (exact) mass is 271 g/mol. The van der Waals surface area contributed by atoms with Crippen LogP contribution in [0.15, 0.2) is 30.3 Å². The summed E-state index contributed by atoms with van der Waals surface area (Å²) in [7, 11) is 0. The molecule has 2 aromatic rings. The summed E-state index contributed by atoms with van der Waals surface area (Å²) in [5.41, 5.74) is 9.75. The molecular weight excluding hydrogens is 253 g/mol. The third-order valence-electron chi connectivity index (χ3n) is 3.82. The second-order valence-corrected chi connectivity index (χ2v) is 5.51. The summed E-state index contributed by atoms with van der Waals surface area (Å²) in [6, 6.07) is 9.96. The summed E-state index contributed by atoms with van der Waals surface area (Å²) in [5, 5.41) is 0. The van der Waals surface area contributed by atoms with E-state index in [1.54, 1.807) is 6.07 Å². The lowest BCUT2D eigenvalue weighted by atomic mass is 9.96. The van der Waals surface area contributed by atoms with Gasteiger partial charge in [-0.3, -0.25) is 0 Å². The molecule has 2 N–H and O–H groups in total. The van der Waals surface area contributed by atoms with Crippen LogP contribution in [0, 0.1) is 5.82 Å². The quantitative estimate of drug-likeness (QED) is 0.833. The molecule has 0 saturated carbocycles. The van der Waals surface area contributed by atoms with Crippen LogP contribution in [0.5, 0.6) is 5.75 Å². The number of nitrogen functional groups attached to an aromatic ring is 1. The fraction of sp³-hybridized carbons (Fsp3) is 0.294. The lowest BCUT2D eigenvalue weighted by molar-refractivity contribution is 0.358. The molecule has 0 saturated heterocycles. The fourth-order valence-electron chi connectivity index (χ4n) is 2.63. The highest BCUT2D eigenvalue weighted by atomic mass is 19.1. The number of nitrogens with two attached hydrogens (primary N) is 1. The Labute approximate surface area is 118 Å². The Morgan fingerprint density at radius 1 is 1.20 bits per heavy atom. The average molecular weight is 271 g/mol. The van der Waals surface area contributed by atoms with Crippen molar-refractivity contribution in [2.75, 3.05) is 12.3 Å². The van der Waals surface area contributed by atoms with Crippen molar-refractivity contribution < 1.29 is 9.13 Å². The molecule has 0 spiro atoms. The molecule has 20 heavy (non-hydrogen) atoms. The van der Waals surface area contributed by atoms with Gasteiger partial charge in [-0.25, -0.2) is 4.39 Å². The Morgan fingerprint density at radius 3 is 2.55 bits per heavy atom. The Balaban J connectivity index is 2.11. The van der Waals surface area contributed by atoms with Crippen LogP contribution in [0.3, 0.4) is 0 Å². The first-order chi connectivity index (χ1) is 9.58. The smallest absolute Gasteiger partial charge is 0.153 e. The van der Waals surface area contributed by atoms with Crippen LogP contribution in [-0.4, -0.2) is 6.61 Å². The summed E-state index contributed by atoms with van der Waals surface area (Å²) in [6.45, 7) is 4.84. The standard InChI is InChI=1S/C17H18FNO/c1-10(2)11-3-5-12(6-4-11)14-9-15(19)16(18)13-7-8-20-17(13)14/h3-6,9-10H,7-8,19H2,1-2H3. The molecule has 0 aliphatic carbocycles. The average Bonchev–Trinajstić information content (AvgIpc) is 2.92. The SMILES string of the molecule is CC(C)c1ccc(-c2cc(N)c(F)c3c2OCC3)cc1. The van der Waals surface area contributed by atoms with Crippen molar-refractivity contribution >= 4 is 5.69 Å². The largest absolute Gasteiger partial charge is 0.492 e. The number of hydrogen-bond acceptors (Lipinski definition) is 2. The maximum Gasteiger partial charge on any atom is 0.153 e. The first-order valence-corrected chi connectivity index (χ1v) is 6.92. The molecule has 0 radical (unpaired) electrons. The summed E-state index contributed by atoms with van der Waals surface area (Å²) in [4.78, 5) is 0. The molecule has 1 heterocycles. The normalized spacial score (nSPS) is 13.4. The van der Waals surface area contributed by atoms with Crippen LogP contribution in [-0.2, 0) is 6.42 Å². The molecule has 0 aromatic heterocycles. The van der Waals surface area contributed by atoms with E-state index in [2.05, 4.69) is 26.0 Å². The van der Waals surface area contributed by atoms with E-state index in [0.29, 0.717) is 30.3 Å². The van der Waals surface area contributed by atoms with Crippen molar-refractivity contribution in [3.8, 4) is 16.9 Å². The summed E-state index contributed by atoms with van der Waals surface area (Å²) >= 11 is 0. The van der Waals surface area contributed by atoms with Gasteiger partial charge in [0.15, 0.2) is 5.82 Å². The van der Waals surface area contributed by atoms with E-state index >= 15 is 0 Å². The molecule has 0 fully saturated rings. The van der Waals surface area contributed by atoms with Crippen molar-refractivity contribution in [2.24, 2.45) is 0 Å². The molecular formula is C17H18FNO. The van der Waals surface area contributed by atoms with Crippen LogP contribution in [0.1, 0.15) is 30.9 Å². The van der Waals surface area contributed by atoms with E-state index in [4.69, 9.17) is 10.5 Å². The first-order valence-electron chi connectivity index (χ1n) is 6.92. The molecule has 2 aromatic carbocycles. The number of rotatable bonds is 2. The van der Waals surface area contributed by atoms with Gasteiger partial charge < -0.3 is 10.5 Å². The van der Waals surface area contributed by atoms with Gasteiger partial charge in [0.25, 0.3) is 0 Å². The van der Waals surface area contributed by atoms with Gasteiger partial charge in [-0.05, 0) is 23.1 Å². The number of anilines is 1. The number of hydrogen-bond donors (Lipinski definition) is 1. The molecule has 0 atom stereocenters. The highest BCUT2D eigenvalue weighted by Gasteiger charge is 2.23. The molecule has 3 rings (SSSR count). The van der Waals surface area contributed by atoms with Gasteiger partial charge >= 0.3 is 0 Å². The zero-order valence-corrected chi connectivity index (χ0v) is 11.7. The molecule has 0 unspecified atom stereocenters. The van der Waals surface area contributed by atoms with Gasteiger partial charge in [0, 0.05) is 17.5 Å². The van der Waals surface area contributed by atoms with Crippen LogP contribution in [0.25, 0.3) is 11.1 Å². The van der Waals surface area contributed by atoms with Crippen LogP contribution in [0.4, 0.5) is 10.1 Å². The molecule has 104 valence electrons. The van der Waals surface area contributed by atoms with Crippen LogP contribution < -0.4 is 10.5 Å². The van der Waals surface area contributed by atoms with Gasteiger partial charge in [0.1, 0.15) is 5.75 Å². The van der Waals surface area contributed by atoms with Crippen LogP contribution in [0.2, 0.25) is 0 Å². The number of benzene rings is 2. The Morgan fingerprint density at radius 2 is 1.90 bits per heavy atom. The highest BCUT2D eigenvalue weighted by molar-refractivity contribution is 5.77. The number of halogens is 1. The van der Waals surface area contributed by atoms with Crippen molar-refractivity contribution in [3.05, 3.63) is 47.3 Å². The van der Waals surface area contributed by atoms with Crippen molar-refractivity contribution in [3.63, 3.8) is 0 Å². The van der Waals surface area contributed by atoms with Crippen molar-refractivity contribution in [1.82, 2.24) is 0 Å². The topological polar surface area (TPSA) is 35.2 Å². The zero-order chi connectivity index (χ0) is 14.3. The second-order valence-electron chi connectivity index (χ2n) is 5.51. The maximum atomic E-state index is 14.0. The molecule has 3 heteroatoms. The van der Waals surface area contributed by atoms with Gasteiger partial charge in [0.2, 0.25) is 0 Å². The van der Waals surface area contributed by atoms with Gasteiger partial charge in [-0.15, -0.1) is 0 Å². The van der Waals surface area contributed by atoms with E-state index < -0.39 is 0 Å². The third-order valence-corrected chi connectivity index (χ3v) is 3.82. The predicted molar refractivity (Wildman–Crippen MR) is 79.5 cm³/mol. The maximum absolute atomic E-state index is 14.0. The zero-order valence-electron chi connectivity index (χ0n) is 11.7. The second kappa shape index (κ2) is 4.82. The molecule has 0 amide bonds. The van der Waals surface area contributed by atoms with Crippen molar-refractivity contribution in [1.29, 1.82) is 0 Å². The van der Waals surface area contributed by atoms with E-state index in [1.165, 1.54) is 5.56 Å². The predicted octanol–water partition coefficient (Wildman–Crippen LogP) is 4.13. The van der Waals surface area contributed by atoms with E-state index in [1.807, 2.05) is 12.1 Å². The molecule has 1 aliphatic rings. The van der Waals surface area contributed by atoms with E-state index in [-0.39, 0.29) is 11.5 Å². The third kappa shape index (κ3) is 2.03. The van der Waals surface area contributed by atoms with Crippen molar-refractivity contribution in [2.45, 2.75) is 26.2 Å². The molecule has 2 nitrogen and oxygen atoms in total. The van der Waals surface area contributed by atoms with Crippen LogP contribution >= 0.6 is 0 Å². The number of ether oxygens (including phenoxy) is 1. The van der Waals surface area contributed by atoms with E-state index in [0.717, 1.165) is 11.1 Å². The summed E-state index contributed by atoms with van der Waals surface area (Å²) in [6.07, 6.45) is 0.587. The minimum atomic E-state index is -0.333. The van der Waals surface area contributed by atoms with Gasteiger partial charge in [0.05, 0.1) is 12.3 Å². The Hall–Kier alpha value is -2.03. The van der Waals surface area contributed by atoms with E-state index in [9.17, 15) is 4.39 Å². The molecule has 1 aliphatic heterocycles.